The van der Waals surface area contributed by atoms with Crippen molar-refractivity contribution in [2.75, 3.05) is 38.1 Å². The van der Waals surface area contributed by atoms with E-state index in [-0.39, 0.29) is 34.7 Å². The van der Waals surface area contributed by atoms with Crippen molar-refractivity contribution < 1.29 is 13.6 Å². The predicted octanol–water partition coefficient (Wildman–Crippen LogP) is 1.59. The van der Waals surface area contributed by atoms with E-state index < -0.39 is 17.2 Å². The van der Waals surface area contributed by atoms with E-state index in [1.165, 1.54) is 13.0 Å². The molecule has 1 saturated heterocycles. The number of nitrogens with one attached hydrogen (secondary N) is 2. The van der Waals surface area contributed by atoms with E-state index in [1.807, 2.05) is 11.0 Å². The molecule has 2 N–H and O–H groups in total. The number of benzene rings is 1. The van der Waals surface area contributed by atoms with Crippen molar-refractivity contribution in [3.05, 3.63) is 63.3 Å². The fraction of sp³-hybridized carbons (Fsp3) is 0.333. The molecule has 0 saturated carbocycles. The van der Waals surface area contributed by atoms with Crippen LogP contribution in [0.1, 0.15) is 21.7 Å². The quantitative estimate of drug-likeness (QED) is 0.656. The Morgan fingerprint density at radius 2 is 1.97 bits per heavy atom. The van der Waals surface area contributed by atoms with Crippen molar-refractivity contribution in [3.63, 3.8) is 0 Å². The smallest absolute Gasteiger partial charge is 0.271 e. The summed E-state index contributed by atoms with van der Waals surface area (Å²) in [5.41, 5.74) is 0.904. The highest BCUT2D eigenvalue weighted by molar-refractivity contribution is 5.97. The summed E-state index contributed by atoms with van der Waals surface area (Å²) in [6, 6.07) is 5.06. The Morgan fingerprint density at radius 3 is 2.68 bits per heavy atom. The van der Waals surface area contributed by atoms with Gasteiger partial charge in [0.15, 0.2) is 17.3 Å². The van der Waals surface area contributed by atoms with E-state index in [2.05, 4.69) is 25.2 Å². The Balaban J connectivity index is 1.52. The number of aryl methyl sites for hydroxylation is 1. The lowest BCUT2D eigenvalue weighted by molar-refractivity contribution is 0.0958. The number of piperazine rings is 1. The number of fused-ring (bicyclic) bond motifs is 1. The number of aromatic amines is 1. The molecule has 0 unspecified atom stereocenters. The number of carbonyl (C=O) groups is 1. The summed E-state index contributed by atoms with van der Waals surface area (Å²) in [6.45, 7) is 4.02. The van der Waals surface area contributed by atoms with Crippen LogP contribution in [0.15, 0.2) is 29.2 Å². The van der Waals surface area contributed by atoms with Crippen LogP contribution in [-0.4, -0.2) is 59.0 Å². The molecule has 4 rings (SSSR count). The molecular formula is C21H22F2N6O2. The van der Waals surface area contributed by atoms with Gasteiger partial charge in [0.1, 0.15) is 11.2 Å². The van der Waals surface area contributed by atoms with Gasteiger partial charge < -0.3 is 15.2 Å². The Morgan fingerprint density at radius 1 is 1.23 bits per heavy atom. The average Bonchev–Trinajstić information content (AvgIpc) is 2.79. The predicted molar refractivity (Wildman–Crippen MR) is 112 cm³/mol. The second kappa shape index (κ2) is 8.38. The maximum absolute atomic E-state index is 14.6. The molecule has 8 nitrogen and oxygen atoms in total. The van der Waals surface area contributed by atoms with Crippen LogP contribution >= 0.6 is 0 Å². The minimum Gasteiger partial charge on any atom is -0.367 e. The topological polar surface area (TPSA) is 94.2 Å². The summed E-state index contributed by atoms with van der Waals surface area (Å²) in [5.74, 6) is -2.27. The zero-order valence-corrected chi connectivity index (χ0v) is 17.2. The first-order valence-electron chi connectivity index (χ1n) is 9.91. The summed E-state index contributed by atoms with van der Waals surface area (Å²) in [4.78, 5) is 38.6. The number of rotatable bonds is 4. The van der Waals surface area contributed by atoms with Gasteiger partial charge in [-0.1, -0.05) is 0 Å². The number of carbonyl (C=O) groups excluding carboxylic acids is 1. The first kappa shape index (κ1) is 20.9. The molecule has 31 heavy (non-hydrogen) atoms. The number of amides is 1. The van der Waals surface area contributed by atoms with Crippen molar-refractivity contribution in [1.82, 2.24) is 25.2 Å². The minimum atomic E-state index is -1.06. The van der Waals surface area contributed by atoms with Crippen LogP contribution in [0.3, 0.4) is 0 Å². The van der Waals surface area contributed by atoms with Crippen LogP contribution in [0.5, 0.6) is 0 Å². The second-order valence-electron chi connectivity index (χ2n) is 7.42. The zero-order chi connectivity index (χ0) is 22.1. The molecule has 2 aromatic heterocycles. The van der Waals surface area contributed by atoms with Crippen LogP contribution in [0, 0.1) is 18.6 Å². The van der Waals surface area contributed by atoms with Gasteiger partial charge in [-0.05, 0) is 25.1 Å². The minimum absolute atomic E-state index is 0.0844. The molecule has 0 aliphatic carbocycles. The van der Waals surface area contributed by atoms with Gasteiger partial charge in [0.25, 0.3) is 11.5 Å². The van der Waals surface area contributed by atoms with Crippen LogP contribution in [0.2, 0.25) is 0 Å². The molecule has 0 spiro atoms. The highest BCUT2D eigenvalue weighted by Crippen LogP contribution is 2.24. The molecule has 1 aromatic carbocycles. The van der Waals surface area contributed by atoms with Crippen molar-refractivity contribution in [1.29, 1.82) is 0 Å². The second-order valence-corrected chi connectivity index (χ2v) is 7.42. The van der Waals surface area contributed by atoms with Crippen LogP contribution in [0.25, 0.3) is 11.0 Å². The Kier molecular flexibility index (Phi) is 5.64. The van der Waals surface area contributed by atoms with E-state index in [9.17, 15) is 18.4 Å². The van der Waals surface area contributed by atoms with Crippen molar-refractivity contribution >= 4 is 22.6 Å². The lowest BCUT2D eigenvalue weighted by Gasteiger charge is -2.36. The molecule has 3 aromatic rings. The first-order valence-corrected chi connectivity index (χ1v) is 9.91. The number of hydrogen-bond donors (Lipinski definition) is 2. The lowest BCUT2D eigenvalue weighted by atomic mass is 10.1. The number of aromatic nitrogens is 3. The lowest BCUT2D eigenvalue weighted by Crippen LogP contribution is -2.46. The number of anilines is 1. The maximum Gasteiger partial charge on any atom is 0.271 e. The standard InChI is InChI=1S/C21H22F2N6O2/c1-12-20(30)27-14-10-13(16(22)17(23)18(14)26-12)11-28-6-8-29(9-7-28)15-4-3-5-25-19(15)21(31)24-2/h3-5,10H,6-9,11H2,1-2H3,(H,24,31)(H,27,30). The molecule has 0 radical (unpaired) electrons. The third kappa shape index (κ3) is 3.98. The number of halogens is 2. The van der Waals surface area contributed by atoms with Crippen LogP contribution in [-0.2, 0) is 6.54 Å². The van der Waals surface area contributed by atoms with E-state index in [0.29, 0.717) is 31.9 Å². The average molecular weight is 428 g/mol. The summed E-state index contributed by atoms with van der Waals surface area (Å²) in [5, 5.41) is 2.59. The monoisotopic (exact) mass is 428 g/mol. The van der Waals surface area contributed by atoms with Crippen molar-refractivity contribution in [2.24, 2.45) is 0 Å². The van der Waals surface area contributed by atoms with Gasteiger partial charge in [-0.3, -0.25) is 14.5 Å². The Bertz CT molecular complexity index is 1200. The summed E-state index contributed by atoms with van der Waals surface area (Å²) in [6.07, 6.45) is 1.57. The summed E-state index contributed by atoms with van der Waals surface area (Å²) >= 11 is 0. The number of H-pyrrole nitrogens is 1. The molecule has 0 atom stereocenters. The molecular weight excluding hydrogens is 406 g/mol. The van der Waals surface area contributed by atoms with Gasteiger partial charge in [0, 0.05) is 51.5 Å². The third-order valence-corrected chi connectivity index (χ3v) is 5.45. The summed E-state index contributed by atoms with van der Waals surface area (Å²) in [7, 11) is 1.56. The van der Waals surface area contributed by atoms with Gasteiger partial charge in [-0.2, -0.15) is 0 Å². The molecule has 162 valence electrons. The van der Waals surface area contributed by atoms with Crippen LogP contribution in [0.4, 0.5) is 14.5 Å². The maximum atomic E-state index is 14.6. The van der Waals surface area contributed by atoms with E-state index in [4.69, 9.17) is 0 Å². The van der Waals surface area contributed by atoms with Crippen molar-refractivity contribution in [3.8, 4) is 0 Å². The van der Waals surface area contributed by atoms with E-state index >= 15 is 0 Å². The molecule has 3 heterocycles. The molecule has 1 aliphatic rings. The van der Waals surface area contributed by atoms with E-state index in [0.717, 1.165) is 5.69 Å². The highest BCUT2D eigenvalue weighted by atomic mass is 19.2. The normalized spacial score (nSPS) is 14.8. The fourth-order valence-corrected chi connectivity index (χ4v) is 3.75. The zero-order valence-electron chi connectivity index (χ0n) is 17.2. The number of nitrogens with zero attached hydrogens (tertiary/aromatic N) is 4. The molecule has 1 amide bonds. The number of hydrogen-bond acceptors (Lipinski definition) is 6. The van der Waals surface area contributed by atoms with Gasteiger partial charge >= 0.3 is 0 Å². The van der Waals surface area contributed by atoms with Gasteiger partial charge in [-0.15, -0.1) is 0 Å². The highest BCUT2D eigenvalue weighted by Gasteiger charge is 2.24. The molecule has 0 bridgehead atoms. The first-order chi connectivity index (χ1) is 14.9. The molecule has 1 fully saturated rings. The molecule has 1 aliphatic heterocycles. The van der Waals surface area contributed by atoms with Gasteiger partial charge in [-0.25, -0.2) is 18.7 Å². The van der Waals surface area contributed by atoms with Crippen molar-refractivity contribution in [2.45, 2.75) is 13.5 Å². The van der Waals surface area contributed by atoms with Gasteiger partial charge in [0.2, 0.25) is 0 Å². The third-order valence-electron chi connectivity index (χ3n) is 5.45. The largest absolute Gasteiger partial charge is 0.367 e. The Labute approximate surface area is 176 Å². The SMILES string of the molecule is CNC(=O)c1ncccc1N1CCN(Cc2cc3[nH]c(=O)c(C)nc3c(F)c2F)CC1. The summed E-state index contributed by atoms with van der Waals surface area (Å²) < 4.78 is 29.2. The molecule has 10 heteroatoms. The van der Waals surface area contributed by atoms with E-state index in [1.54, 1.807) is 19.3 Å². The van der Waals surface area contributed by atoms with Gasteiger partial charge in [0.05, 0.1) is 11.2 Å². The Hall–Kier alpha value is -3.40. The fourth-order valence-electron chi connectivity index (χ4n) is 3.75. The van der Waals surface area contributed by atoms with Crippen LogP contribution < -0.4 is 15.8 Å². The number of pyridine rings is 1.